The summed E-state index contributed by atoms with van der Waals surface area (Å²) in [4.78, 5) is 22.4. The zero-order chi connectivity index (χ0) is 8.43. The summed E-state index contributed by atoms with van der Waals surface area (Å²) in [7, 11) is 0. The zero-order valence-electron chi connectivity index (χ0n) is 5.99. The lowest BCUT2D eigenvalue weighted by Gasteiger charge is -2.11. The molecule has 1 rings (SSSR count). The second kappa shape index (κ2) is 2.87. The Morgan fingerprint density at radius 3 is 2.55 bits per heavy atom. The Labute approximate surface area is 63.8 Å². The van der Waals surface area contributed by atoms with Gasteiger partial charge in [0, 0.05) is 13.1 Å². The van der Waals surface area contributed by atoms with Gasteiger partial charge in [-0.25, -0.2) is 0 Å². The molecule has 0 aliphatic carbocycles. The molecule has 1 unspecified atom stereocenters. The number of aliphatic hydroxyl groups is 1. The third kappa shape index (κ3) is 1.68. The van der Waals surface area contributed by atoms with Crippen LogP contribution in [0.5, 0.6) is 0 Å². The average molecular weight is 158 g/mol. The van der Waals surface area contributed by atoms with Crippen molar-refractivity contribution in [2.75, 3.05) is 13.1 Å². The van der Waals surface area contributed by atoms with E-state index in [1.165, 1.54) is 4.90 Å². The van der Waals surface area contributed by atoms with E-state index in [-0.39, 0.29) is 6.54 Å². The van der Waals surface area contributed by atoms with Crippen LogP contribution in [0.4, 0.5) is 0 Å². The highest BCUT2D eigenvalue weighted by molar-refractivity contribution is 6.34. The van der Waals surface area contributed by atoms with Crippen LogP contribution in [0.1, 0.15) is 6.42 Å². The molecular weight excluding hydrogens is 148 g/mol. The molecule has 0 aromatic heterocycles. The van der Waals surface area contributed by atoms with E-state index in [4.69, 9.17) is 10.8 Å². The molecule has 11 heavy (non-hydrogen) atoms. The summed E-state index contributed by atoms with van der Waals surface area (Å²) < 4.78 is 0. The number of hydrogen-bond donors (Lipinski definition) is 2. The Hall–Kier alpha value is -1.10. The largest absolute Gasteiger partial charge is 0.391 e. The van der Waals surface area contributed by atoms with Crippen LogP contribution in [0.2, 0.25) is 0 Å². The Kier molecular flexibility index (Phi) is 2.09. The predicted octanol–water partition coefficient (Wildman–Crippen LogP) is -1.94. The van der Waals surface area contributed by atoms with Crippen LogP contribution in [-0.2, 0) is 9.59 Å². The number of carbonyl (C=O) groups is 2. The van der Waals surface area contributed by atoms with Gasteiger partial charge < -0.3 is 15.7 Å². The minimum Gasteiger partial charge on any atom is -0.391 e. The van der Waals surface area contributed by atoms with Gasteiger partial charge in [-0.15, -0.1) is 0 Å². The lowest BCUT2D eigenvalue weighted by atomic mass is 10.3. The SMILES string of the molecule is NC(=O)C(=O)N1CCC(O)C1. The number of rotatable bonds is 0. The first-order valence-corrected chi connectivity index (χ1v) is 3.38. The summed E-state index contributed by atoms with van der Waals surface area (Å²) in [5.74, 6) is -1.67. The first-order valence-electron chi connectivity index (χ1n) is 3.38. The van der Waals surface area contributed by atoms with E-state index < -0.39 is 17.9 Å². The van der Waals surface area contributed by atoms with Gasteiger partial charge in [-0.3, -0.25) is 9.59 Å². The molecule has 3 N–H and O–H groups in total. The second-order valence-corrected chi connectivity index (χ2v) is 2.56. The summed E-state index contributed by atoms with van der Waals surface area (Å²) in [5, 5.41) is 8.98. The van der Waals surface area contributed by atoms with Gasteiger partial charge in [-0.05, 0) is 6.42 Å². The van der Waals surface area contributed by atoms with Crippen LogP contribution in [0.25, 0.3) is 0 Å². The first kappa shape index (κ1) is 8.00. The van der Waals surface area contributed by atoms with Gasteiger partial charge in [0.25, 0.3) is 0 Å². The number of nitrogens with two attached hydrogens (primary N) is 1. The molecule has 1 atom stereocenters. The second-order valence-electron chi connectivity index (χ2n) is 2.56. The fraction of sp³-hybridized carbons (Fsp3) is 0.667. The van der Waals surface area contributed by atoms with Crippen molar-refractivity contribution in [2.45, 2.75) is 12.5 Å². The first-order chi connectivity index (χ1) is 5.11. The molecule has 0 spiro atoms. The third-order valence-electron chi connectivity index (χ3n) is 1.66. The number of amides is 2. The van der Waals surface area contributed by atoms with E-state index in [0.717, 1.165) is 0 Å². The topological polar surface area (TPSA) is 83.6 Å². The Morgan fingerprint density at radius 2 is 2.18 bits per heavy atom. The highest BCUT2D eigenvalue weighted by Gasteiger charge is 2.27. The highest BCUT2D eigenvalue weighted by atomic mass is 16.3. The molecule has 0 saturated carbocycles. The van der Waals surface area contributed by atoms with Crippen molar-refractivity contribution >= 4 is 11.8 Å². The smallest absolute Gasteiger partial charge is 0.311 e. The number of β-amino-alcohol motifs (C(OH)–C–C–N with tert-alkyl or cyclic N) is 1. The molecule has 0 aromatic carbocycles. The van der Waals surface area contributed by atoms with Crippen LogP contribution >= 0.6 is 0 Å². The van der Waals surface area contributed by atoms with Gasteiger partial charge in [-0.2, -0.15) is 0 Å². The van der Waals surface area contributed by atoms with Gasteiger partial charge in [0.2, 0.25) is 0 Å². The minimum atomic E-state index is -0.959. The number of aliphatic hydroxyl groups excluding tert-OH is 1. The summed E-state index contributed by atoms with van der Waals surface area (Å²) in [5.41, 5.74) is 4.75. The van der Waals surface area contributed by atoms with Crippen molar-refractivity contribution in [3.05, 3.63) is 0 Å². The monoisotopic (exact) mass is 158 g/mol. The number of nitrogens with zero attached hydrogens (tertiary/aromatic N) is 1. The maximum Gasteiger partial charge on any atom is 0.311 e. The van der Waals surface area contributed by atoms with E-state index in [2.05, 4.69) is 0 Å². The molecule has 1 aliphatic heterocycles. The fourth-order valence-electron chi connectivity index (χ4n) is 1.08. The number of hydrogen-bond acceptors (Lipinski definition) is 3. The molecule has 5 nitrogen and oxygen atoms in total. The molecule has 1 aliphatic rings. The van der Waals surface area contributed by atoms with Crippen molar-refractivity contribution < 1.29 is 14.7 Å². The van der Waals surface area contributed by atoms with Crippen molar-refractivity contribution in [2.24, 2.45) is 5.73 Å². The van der Waals surface area contributed by atoms with Gasteiger partial charge in [-0.1, -0.05) is 0 Å². The van der Waals surface area contributed by atoms with E-state index in [9.17, 15) is 9.59 Å². The Bertz CT molecular complexity index is 192. The fourth-order valence-corrected chi connectivity index (χ4v) is 1.08. The van der Waals surface area contributed by atoms with Crippen molar-refractivity contribution in [3.63, 3.8) is 0 Å². The quantitative estimate of drug-likeness (QED) is 0.402. The van der Waals surface area contributed by atoms with Gasteiger partial charge >= 0.3 is 11.8 Å². The third-order valence-corrected chi connectivity index (χ3v) is 1.66. The Morgan fingerprint density at radius 1 is 1.55 bits per heavy atom. The maximum absolute atomic E-state index is 10.8. The summed E-state index contributed by atoms with van der Waals surface area (Å²) in [6.07, 6.45) is 0.0252. The minimum absolute atomic E-state index is 0.224. The molecule has 62 valence electrons. The average Bonchev–Trinajstić information content (AvgIpc) is 2.34. The van der Waals surface area contributed by atoms with Crippen molar-refractivity contribution in [1.29, 1.82) is 0 Å². The number of primary amides is 1. The normalized spacial score (nSPS) is 23.7. The zero-order valence-corrected chi connectivity index (χ0v) is 5.99. The lowest BCUT2D eigenvalue weighted by molar-refractivity contribution is -0.143. The summed E-state index contributed by atoms with van der Waals surface area (Å²) in [6, 6.07) is 0. The van der Waals surface area contributed by atoms with E-state index in [1.807, 2.05) is 0 Å². The number of carbonyl (C=O) groups excluding carboxylic acids is 2. The lowest BCUT2D eigenvalue weighted by Crippen LogP contribution is -2.39. The van der Waals surface area contributed by atoms with Crippen molar-refractivity contribution in [3.8, 4) is 0 Å². The molecular formula is C6H10N2O3. The van der Waals surface area contributed by atoms with Crippen molar-refractivity contribution in [1.82, 2.24) is 4.90 Å². The van der Waals surface area contributed by atoms with E-state index in [0.29, 0.717) is 13.0 Å². The summed E-state index contributed by atoms with van der Waals surface area (Å²) >= 11 is 0. The summed E-state index contributed by atoms with van der Waals surface area (Å²) in [6.45, 7) is 0.644. The van der Waals surface area contributed by atoms with Gasteiger partial charge in [0.15, 0.2) is 0 Å². The van der Waals surface area contributed by atoms with Crippen LogP contribution in [-0.4, -0.2) is 41.0 Å². The number of likely N-dealkylation sites (tertiary alicyclic amines) is 1. The highest BCUT2D eigenvalue weighted by Crippen LogP contribution is 2.07. The maximum atomic E-state index is 10.8. The Balaban J connectivity index is 2.50. The molecule has 0 radical (unpaired) electrons. The molecule has 0 bridgehead atoms. The standard InChI is InChI=1S/C6H10N2O3/c7-5(10)6(11)8-2-1-4(9)3-8/h4,9H,1-3H2,(H2,7,10). The van der Waals surface area contributed by atoms with Crippen LogP contribution in [0.3, 0.4) is 0 Å². The van der Waals surface area contributed by atoms with E-state index >= 15 is 0 Å². The van der Waals surface area contributed by atoms with Gasteiger partial charge in [0.1, 0.15) is 0 Å². The molecule has 2 amide bonds. The van der Waals surface area contributed by atoms with Crippen LogP contribution < -0.4 is 5.73 Å². The molecule has 1 fully saturated rings. The van der Waals surface area contributed by atoms with Crippen LogP contribution in [0.15, 0.2) is 0 Å². The van der Waals surface area contributed by atoms with E-state index in [1.54, 1.807) is 0 Å². The molecule has 1 saturated heterocycles. The molecule has 1 heterocycles. The predicted molar refractivity (Wildman–Crippen MR) is 36.4 cm³/mol. The molecule has 5 heteroatoms. The molecule has 0 aromatic rings. The van der Waals surface area contributed by atoms with Crippen LogP contribution in [0, 0.1) is 0 Å². The van der Waals surface area contributed by atoms with Gasteiger partial charge in [0.05, 0.1) is 6.10 Å².